The number of hydrogen-bond donors (Lipinski definition) is 2. The van der Waals surface area contributed by atoms with E-state index in [1.165, 1.54) is 17.6 Å². The zero-order valence-corrected chi connectivity index (χ0v) is 24.4. The van der Waals surface area contributed by atoms with Crippen LogP contribution < -0.4 is 10.9 Å². The molecule has 0 saturated carbocycles. The first kappa shape index (κ1) is 28.9. The average molecular weight is 594 g/mol. The first-order chi connectivity index (χ1) is 20.5. The van der Waals surface area contributed by atoms with E-state index in [1.807, 2.05) is 0 Å². The number of ether oxygens (including phenoxy) is 3. The number of esters is 2. The van der Waals surface area contributed by atoms with Crippen molar-refractivity contribution < 1.29 is 38.1 Å². The van der Waals surface area contributed by atoms with Gasteiger partial charge in [0.25, 0.3) is 5.56 Å². The number of rotatable bonds is 7. The number of aromatic nitrogens is 2. The molecule has 6 rings (SSSR count). The highest BCUT2D eigenvalue weighted by molar-refractivity contribution is 5.94. The number of nitrogens with zero attached hydrogens (tertiary/aromatic N) is 2. The number of hydrogen-bond acceptors (Lipinski definition) is 9. The van der Waals surface area contributed by atoms with Gasteiger partial charge in [-0.1, -0.05) is 6.92 Å². The summed E-state index contributed by atoms with van der Waals surface area (Å²) in [5.41, 5.74) is 0.266. The lowest BCUT2D eigenvalue weighted by Crippen LogP contribution is -2.51. The number of aliphatic hydroxyl groups is 1. The van der Waals surface area contributed by atoms with Crippen molar-refractivity contribution in [1.29, 1.82) is 0 Å². The van der Waals surface area contributed by atoms with E-state index in [2.05, 4.69) is 5.32 Å². The van der Waals surface area contributed by atoms with E-state index in [9.17, 15) is 24.3 Å². The summed E-state index contributed by atoms with van der Waals surface area (Å²) in [7, 11) is 0. The molecular weight excluding hydrogens is 561 g/mol. The van der Waals surface area contributed by atoms with Crippen LogP contribution in [0.5, 0.6) is 0 Å². The first-order valence-electron chi connectivity index (χ1n) is 14.3. The van der Waals surface area contributed by atoms with Crippen molar-refractivity contribution in [3.05, 3.63) is 61.7 Å². The number of carbonyl (C=O) groups is 3. The number of nitrogens with one attached hydrogen (secondary N) is 1. The van der Waals surface area contributed by atoms with E-state index in [0.29, 0.717) is 51.8 Å². The van der Waals surface area contributed by atoms with Crippen LogP contribution in [0.25, 0.3) is 22.3 Å². The molecule has 1 unspecified atom stereocenters. The molecule has 0 bridgehead atoms. The third kappa shape index (κ3) is 4.26. The Bertz CT molecular complexity index is 1800. The van der Waals surface area contributed by atoms with Crippen molar-refractivity contribution >= 4 is 28.7 Å². The molecule has 11 nitrogen and oxygen atoms in total. The summed E-state index contributed by atoms with van der Waals surface area (Å²) in [6.45, 7) is 5.94. The Balaban J connectivity index is 1.62. The van der Waals surface area contributed by atoms with Gasteiger partial charge in [-0.05, 0) is 55.9 Å². The second kappa shape index (κ2) is 10.2. The zero-order valence-electron chi connectivity index (χ0n) is 24.4. The van der Waals surface area contributed by atoms with Gasteiger partial charge in [-0.25, -0.2) is 19.0 Å². The fourth-order valence-electron chi connectivity index (χ4n) is 6.85. The maximum absolute atomic E-state index is 15.2. The molecule has 0 spiro atoms. The highest BCUT2D eigenvalue weighted by atomic mass is 19.1. The SMILES string of the molecule is CCOC(=O)COCC1(NC(C)=O)CCc2c(C)c(F)cc3nc4c(c1c23)Cn1c-4cc2c(c1=O)COC(=O)[C@]2(O)CC. The molecule has 1 amide bonds. The molecule has 0 radical (unpaired) electrons. The smallest absolute Gasteiger partial charge is 0.343 e. The number of cyclic esters (lactones) is 1. The van der Waals surface area contributed by atoms with Gasteiger partial charge in [0.2, 0.25) is 5.91 Å². The lowest BCUT2D eigenvalue weighted by atomic mass is 9.73. The maximum atomic E-state index is 15.2. The third-order valence-corrected chi connectivity index (χ3v) is 8.87. The molecule has 1 aromatic carbocycles. The fourth-order valence-corrected chi connectivity index (χ4v) is 6.85. The van der Waals surface area contributed by atoms with Crippen molar-refractivity contribution in [3.8, 4) is 11.4 Å². The van der Waals surface area contributed by atoms with E-state index in [0.717, 1.165) is 5.56 Å². The Kier molecular flexibility index (Phi) is 6.89. The number of aryl methyl sites for hydroxylation is 1. The molecule has 2 N–H and O–H groups in total. The molecule has 3 aromatic rings. The Morgan fingerprint density at radius 2 is 1.98 bits per heavy atom. The summed E-state index contributed by atoms with van der Waals surface area (Å²) in [5, 5.41) is 15.0. The topological polar surface area (TPSA) is 146 Å². The van der Waals surface area contributed by atoms with E-state index in [1.54, 1.807) is 26.8 Å². The molecule has 2 aliphatic heterocycles. The van der Waals surface area contributed by atoms with Crippen LogP contribution in [0.2, 0.25) is 0 Å². The predicted octanol–water partition coefficient (Wildman–Crippen LogP) is 2.38. The number of halogens is 1. The summed E-state index contributed by atoms with van der Waals surface area (Å²) < 4.78 is 32.8. The van der Waals surface area contributed by atoms with Crippen LogP contribution in [0.1, 0.15) is 67.0 Å². The number of amides is 1. The summed E-state index contributed by atoms with van der Waals surface area (Å²) in [5.74, 6) is -2.16. The normalized spacial score (nSPS) is 21.6. The zero-order chi connectivity index (χ0) is 30.8. The molecule has 1 aliphatic carbocycles. The van der Waals surface area contributed by atoms with Crippen molar-refractivity contribution in [2.45, 2.75) is 71.2 Å². The van der Waals surface area contributed by atoms with Gasteiger partial charge in [0.1, 0.15) is 19.0 Å². The van der Waals surface area contributed by atoms with Crippen molar-refractivity contribution in [3.63, 3.8) is 0 Å². The monoisotopic (exact) mass is 593 g/mol. The number of carbonyl (C=O) groups excluding carboxylic acids is 3. The van der Waals surface area contributed by atoms with Gasteiger partial charge in [0.05, 0.1) is 47.8 Å². The molecule has 43 heavy (non-hydrogen) atoms. The Hall–Kier alpha value is -4.16. The summed E-state index contributed by atoms with van der Waals surface area (Å²) in [6, 6.07) is 2.92. The van der Waals surface area contributed by atoms with Crippen LogP contribution in [0.3, 0.4) is 0 Å². The second-order valence-corrected chi connectivity index (χ2v) is 11.3. The van der Waals surface area contributed by atoms with E-state index in [-0.39, 0.29) is 56.4 Å². The van der Waals surface area contributed by atoms with Crippen LogP contribution in [0, 0.1) is 12.7 Å². The minimum Gasteiger partial charge on any atom is -0.464 e. The maximum Gasteiger partial charge on any atom is 0.343 e. The standard InChI is InChI=1S/C31H32FN3O8/c1-5-31(40)20-9-23-27-18(11-35(23)28(38)19(20)12-43-29(31)39)26-25-17(15(3)21(32)10-22(25)33-27)7-8-30(26,34-16(4)36)14-41-13-24(37)42-6-2/h9-10,40H,5-8,11-14H2,1-4H3,(H,34,36)/t30?,31-/m0/s1. The van der Waals surface area contributed by atoms with Gasteiger partial charge in [-0.15, -0.1) is 0 Å². The lowest BCUT2D eigenvalue weighted by molar-refractivity contribution is -0.172. The van der Waals surface area contributed by atoms with Gasteiger partial charge in [-0.3, -0.25) is 9.59 Å². The molecule has 4 heterocycles. The largest absolute Gasteiger partial charge is 0.464 e. The van der Waals surface area contributed by atoms with Crippen LogP contribution in [0.15, 0.2) is 16.9 Å². The highest BCUT2D eigenvalue weighted by Crippen LogP contribution is 2.48. The van der Waals surface area contributed by atoms with Crippen molar-refractivity contribution in [2.24, 2.45) is 0 Å². The van der Waals surface area contributed by atoms with Gasteiger partial charge in [0, 0.05) is 29.5 Å². The lowest BCUT2D eigenvalue weighted by Gasteiger charge is -2.40. The minimum atomic E-state index is -2.01. The van der Waals surface area contributed by atoms with Crippen LogP contribution in [0.4, 0.5) is 4.39 Å². The van der Waals surface area contributed by atoms with Crippen LogP contribution >= 0.6 is 0 Å². The number of benzene rings is 1. The molecule has 226 valence electrons. The Morgan fingerprint density at radius 3 is 2.67 bits per heavy atom. The molecule has 3 aliphatic rings. The number of pyridine rings is 2. The van der Waals surface area contributed by atoms with Crippen LogP contribution in [-0.4, -0.2) is 52.3 Å². The Morgan fingerprint density at radius 1 is 1.21 bits per heavy atom. The Labute approximate surface area is 246 Å². The molecular formula is C31H32FN3O8. The fraction of sp³-hybridized carbons (Fsp3) is 0.452. The quantitative estimate of drug-likeness (QED) is 0.309. The molecule has 12 heteroatoms. The van der Waals surface area contributed by atoms with E-state index >= 15 is 4.39 Å². The first-order valence-corrected chi connectivity index (χ1v) is 14.3. The highest BCUT2D eigenvalue weighted by Gasteiger charge is 2.47. The van der Waals surface area contributed by atoms with Gasteiger partial charge < -0.3 is 29.2 Å². The minimum absolute atomic E-state index is 0.0116. The van der Waals surface area contributed by atoms with Gasteiger partial charge >= 0.3 is 11.9 Å². The average Bonchev–Trinajstić information content (AvgIpc) is 3.33. The van der Waals surface area contributed by atoms with Gasteiger partial charge in [0.15, 0.2) is 5.60 Å². The third-order valence-electron chi connectivity index (χ3n) is 8.87. The second-order valence-electron chi connectivity index (χ2n) is 11.3. The van der Waals surface area contributed by atoms with E-state index < -0.39 is 34.5 Å². The molecule has 2 atom stereocenters. The summed E-state index contributed by atoms with van der Waals surface area (Å²) in [6.07, 6.45) is 0.723. The molecule has 2 aromatic heterocycles. The van der Waals surface area contributed by atoms with Crippen molar-refractivity contribution in [2.75, 3.05) is 19.8 Å². The predicted molar refractivity (Wildman–Crippen MR) is 150 cm³/mol. The summed E-state index contributed by atoms with van der Waals surface area (Å²) >= 11 is 0. The van der Waals surface area contributed by atoms with E-state index in [4.69, 9.17) is 19.2 Å². The van der Waals surface area contributed by atoms with Gasteiger partial charge in [-0.2, -0.15) is 0 Å². The summed E-state index contributed by atoms with van der Waals surface area (Å²) in [4.78, 5) is 56.1. The van der Waals surface area contributed by atoms with Crippen molar-refractivity contribution in [1.82, 2.24) is 14.9 Å². The molecule has 0 saturated heterocycles. The van der Waals surface area contributed by atoms with Crippen LogP contribution in [-0.2, 0) is 59.3 Å². The number of fused-ring (bicyclic) bond motifs is 5. The molecule has 0 fully saturated rings.